The van der Waals surface area contributed by atoms with E-state index in [9.17, 15) is 14.4 Å². The molecular weight excluding hydrogens is 478 g/mol. The number of benzene rings is 1. The van der Waals surface area contributed by atoms with Crippen molar-refractivity contribution in [3.63, 3.8) is 0 Å². The Balaban J connectivity index is 1.43. The average Bonchev–Trinajstić information content (AvgIpc) is 3.45. The first-order chi connectivity index (χ1) is 16.4. The maximum absolute atomic E-state index is 13.1. The van der Waals surface area contributed by atoms with Crippen LogP contribution in [-0.4, -0.2) is 67.7 Å². The van der Waals surface area contributed by atoms with Gasteiger partial charge in [-0.05, 0) is 49.4 Å². The number of anilines is 2. The van der Waals surface area contributed by atoms with E-state index in [2.05, 4.69) is 5.32 Å². The van der Waals surface area contributed by atoms with E-state index in [0.717, 1.165) is 10.6 Å². The van der Waals surface area contributed by atoms with Crippen LogP contribution in [0.3, 0.4) is 0 Å². The van der Waals surface area contributed by atoms with Gasteiger partial charge < -0.3 is 24.6 Å². The molecular formula is C24H26ClN3O5S. The van der Waals surface area contributed by atoms with Crippen LogP contribution in [0.2, 0.25) is 4.34 Å². The molecule has 2 aliphatic rings. The first-order valence-electron chi connectivity index (χ1n) is 11.1. The molecule has 1 aromatic carbocycles. The highest BCUT2D eigenvalue weighted by Crippen LogP contribution is 2.26. The Kier molecular flexibility index (Phi) is 7.99. The molecule has 2 aromatic rings. The van der Waals surface area contributed by atoms with Crippen molar-refractivity contribution >= 4 is 58.1 Å². The smallest absolute Gasteiger partial charge is 0.253 e. The van der Waals surface area contributed by atoms with Crippen molar-refractivity contribution in [2.24, 2.45) is 0 Å². The number of halogens is 1. The molecule has 1 aromatic heterocycles. The first-order valence-corrected chi connectivity index (χ1v) is 12.3. The van der Waals surface area contributed by atoms with Gasteiger partial charge in [0, 0.05) is 48.4 Å². The van der Waals surface area contributed by atoms with Crippen LogP contribution in [0.25, 0.3) is 6.08 Å². The van der Waals surface area contributed by atoms with Gasteiger partial charge in [-0.25, -0.2) is 0 Å². The lowest BCUT2D eigenvalue weighted by Gasteiger charge is -2.27. The molecule has 2 fully saturated rings. The molecule has 0 unspecified atom stereocenters. The van der Waals surface area contributed by atoms with Gasteiger partial charge in [-0.3, -0.25) is 14.4 Å². The fourth-order valence-electron chi connectivity index (χ4n) is 4.05. The highest BCUT2D eigenvalue weighted by atomic mass is 35.5. The monoisotopic (exact) mass is 503 g/mol. The van der Waals surface area contributed by atoms with Crippen molar-refractivity contribution in [3.05, 3.63) is 51.7 Å². The number of carbonyl (C=O) groups is 3. The average molecular weight is 504 g/mol. The van der Waals surface area contributed by atoms with Crippen molar-refractivity contribution in [1.82, 2.24) is 4.90 Å². The highest BCUT2D eigenvalue weighted by Gasteiger charge is 2.39. The molecule has 10 heteroatoms. The largest absolute Gasteiger partial charge is 0.377 e. The Bertz CT molecular complexity index is 1070. The van der Waals surface area contributed by atoms with Crippen LogP contribution in [0.5, 0.6) is 0 Å². The molecule has 4 rings (SSSR count). The standard InChI is InChI=1S/C24H26ClN3O5S/c1-2-33-18-13-20(28(14-18)22(29)10-8-19-7-9-21(25)34-19)24(31)26-16-3-5-17(6-4-16)27-11-12-32-15-23(27)30/h3-10,18,20H,2,11-15H2,1H3,(H,26,31)/t18-,20-/m1/s1. The summed E-state index contributed by atoms with van der Waals surface area (Å²) in [6.07, 6.45) is 3.38. The first kappa shape index (κ1) is 24.4. The molecule has 0 saturated carbocycles. The third kappa shape index (κ3) is 5.85. The molecule has 1 N–H and O–H groups in total. The maximum Gasteiger partial charge on any atom is 0.253 e. The van der Waals surface area contributed by atoms with Crippen LogP contribution in [0.4, 0.5) is 11.4 Å². The number of amides is 3. The van der Waals surface area contributed by atoms with Gasteiger partial charge in [-0.15, -0.1) is 11.3 Å². The molecule has 34 heavy (non-hydrogen) atoms. The molecule has 0 bridgehead atoms. The highest BCUT2D eigenvalue weighted by molar-refractivity contribution is 7.17. The molecule has 0 spiro atoms. The number of likely N-dealkylation sites (tertiary alicyclic amines) is 1. The number of ether oxygens (including phenoxy) is 2. The van der Waals surface area contributed by atoms with Crippen LogP contribution < -0.4 is 10.2 Å². The summed E-state index contributed by atoms with van der Waals surface area (Å²) in [5, 5.41) is 2.89. The summed E-state index contributed by atoms with van der Waals surface area (Å²) in [5.74, 6) is -0.630. The molecule has 3 amide bonds. The van der Waals surface area contributed by atoms with Crippen molar-refractivity contribution in [3.8, 4) is 0 Å². The van der Waals surface area contributed by atoms with Crippen molar-refractivity contribution in [1.29, 1.82) is 0 Å². The summed E-state index contributed by atoms with van der Waals surface area (Å²) in [6, 6.07) is 10.0. The molecule has 180 valence electrons. The van der Waals surface area contributed by atoms with E-state index in [1.165, 1.54) is 17.4 Å². The molecule has 0 radical (unpaired) electrons. The summed E-state index contributed by atoms with van der Waals surface area (Å²) in [5.41, 5.74) is 1.34. The van der Waals surface area contributed by atoms with Gasteiger partial charge in [-0.2, -0.15) is 0 Å². The van der Waals surface area contributed by atoms with Crippen LogP contribution in [0.15, 0.2) is 42.5 Å². The number of hydrogen-bond acceptors (Lipinski definition) is 6. The van der Waals surface area contributed by atoms with E-state index in [1.807, 2.05) is 13.0 Å². The molecule has 2 saturated heterocycles. The number of rotatable bonds is 7. The summed E-state index contributed by atoms with van der Waals surface area (Å²) >= 11 is 7.33. The molecule has 2 atom stereocenters. The Morgan fingerprint density at radius 3 is 2.74 bits per heavy atom. The Labute approximate surface area is 207 Å². The third-order valence-corrected chi connectivity index (χ3v) is 6.86. The zero-order valence-electron chi connectivity index (χ0n) is 18.7. The molecule has 3 heterocycles. The predicted octanol–water partition coefficient (Wildman–Crippen LogP) is 3.42. The Morgan fingerprint density at radius 2 is 2.06 bits per heavy atom. The SMILES string of the molecule is CCO[C@@H]1C[C@H](C(=O)Nc2ccc(N3CCOCC3=O)cc2)N(C(=O)C=Cc2ccc(Cl)s2)C1. The Hall–Kier alpha value is -2.72. The van der Waals surface area contributed by atoms with Crippen molar-refractivity contribution < 1.29 is 23.9 Å². The van der Waals surface area contributed by atoms with Crippen LogP contribution in [0, 0.1) is 0 Å². The summed E-state index contributed by atoms with van der Waals surface area (Å²) < 4.78 is 11.5. The number of morpholine rings is 1. The van der Waals surface area contributed by atoms with Crippen LogP contribution in [-0.2, 0) is 23.9 Å². The van der Waals surface area contributed by atoms with Gasteiger partial charge in [0.25, 0.3) is 5.91 Å². The zero-order valence-corrected chi connectivity index (χ0v) is 20.3. The van der Waals surface area contributed by atoms with Gasteiger partial charge in [0.1, 0.15) is 12.6 Å². The minimum Gasteiger partial charge on any atom is -0.377 e. The topological polar surface area (TPSA) is 88.2 Å². The van der Waals surface area contributed by atoms with Gasteiger partial charge in [0.15, 0.2) is 0 Å². The van der Waals surface area contributed by atoms with Gasteiger partial charge in [-0.1, -0.05) is 11.6 Å². The second-order valence-electron chi connectivity index (χ2n) is 7.93. The number of hydrogen-bond donors (Lipinski definition) is 1. The quantitative estimate of drug-likeness (QED) is 0.585. The van der Waals surface area contributed by atoms with E-state index >= 15 is 0 Å². The lowest BCUT2D eigenvalue weighted by molar-refractivity contribution is -0.132. The van der Waals surface area contributed by atoms with Gasteiger partial charge in [0.05, 0.1) is 17.0 Å². The summed E-state index contributed by atoms with van der Waals surface area (Å²) in [7, 11) is 0. The van der Waals surface area contributed by atoms with Gasteiger partial charge >= 0.3 is 0 Å². The molecule has 0 aliphatic carbocycles. The zero-order chi connectivity index (χ0) is 24.1. The Morgan fingerprint density at radius 1 is 1.26 bits per heavy atom. The lowest BCUT2D eigenvalue weighted by Crippen LogP contribution is -2.42. The lowest BCUT2D eigenvalue weighted by atomic mass is 10.1. The molecule has 2 aliphatic heterocycles. The predicted molar refractivity (Wildman–Crippen MR) is 132 cm³/mol. The number of carbonyl (C=O) groups excluding carboxylic acids is 3. The number of thiophene rings is 1. The minimum absolute atomic E-state index is 0.0685. The van der Waals surface area contributed by atoms with Crippen LogP contribution >= 0.6 is 22.9 Å². The van der Waals surface area contributed by atoms with Crippen LogP contribution in [0.1, 0.15) is 18.2 Å². The minimum atomic E-state index is -0.652. The van der Waals surface area contributed by atoms with Gasteiger partial charge in [0.2, 0.25) is 11.8 Å². The third-order valence-electron chi connectivity index (χ3n) is 5.67. The van der Waals surface area contributed by atoms with E-state index in [4.69, 9.17) is 21.1 Å². The van der Waals surface area contributed by atoms with E-state index in [0.29, 0.717) is 42.7 Å². The maximum atomic E-state index is 13.1. The van der Waals surface area contributed by atoms with E-state index in [1.54, 1.807) is 46.2 Å². The normalized spacial score (nSPS) is 20.8. The number of nitrogens with zero attached hydrogens (tertiary/aromatic N) is 2. The summed E-state index contributed by atoms with van der Waals surface area (Å²) in [4.78, 5) is 42.1. The van der Waals surface area contributed by atoms with E-state index in [-0.39, 0.29) is 30.4 Å². The second-order valence-corrected chi connectivity index (χ2v) is 9.68. The fourth-order valence-corrected chi connectivity index (χ4v) is 5.02. The summed E-state index contributed by atoms with van der Waals surface area (Å²) in [6.45, 7) is 3.79. The second kappa shape index (κ2) is 11.1. The van der Waals surface area contributed by atoms with E-state index < -0.39 is 6.04 Å². The van der Waals surface area contributed by atoms with Crippen molar-refractivity contribution in [2.45, 2.75) is 25.5 Å². The fraction of sp³-hybridized carbons (Fsp3) is 0.375. The molecule has 8 nitrogen and oxygen atoms in total. The number of nitrogens with one attached hydrogen (secondary N) is 1. The van der Waals surface area contributed by atoms with Crippen molar-refractivity contribution in [2.75, 3.05) is 43.1 Å².